The van der Waals surface area contributed by atoms with Crippen molar-refractivity contribution in [2.75, 3.05) is 37.7 Å². The van der Waals surface area contributed by atoms with Gasteiger partial charge in [-0.15, -0.1) is 10.2 Å². The summed E-state index contributed by atoms with van der Waals surface area (Å²) in [5.74, 6) is 2.16. The third-order valence-corrected chi connectivity index (χ3v) is 7.35. The van der Waals surface area contributed by atoms with Crippen molar-refractivity contribution in [3.63, 3.8) is 0 Å². The summed E-state index contributed by atoms with van der Waals surface area (Å²) in [5.41, 5.74) is 1.87. The molecule has 30 heavy (non-hydrogen) atoms. The fourth-order valence-electron chi connectivity index (χ4n) is 3.78. The average molecular weight is 427 g/mol. The largest absolute Gasteiger partial charge is 0.493 e. The number of fused-ring (bicyclic) bond motifs is 1. The van der Waals surface area contributed by atoms with Crippen molar-refractivity contribution in [3.05, 3.63) is 53.9 Å². The second-order valence-electron chi connectivity index (χ2n) is 7.41. The number of rotatable bonds is 4. The molecule has 156 valence electrons. The number of aryl methyl sites for hydroxylation is 1. The van der Waals surface area contributed by atoms with Crippen LogP contribution in [-0.4, -0.2) is 65.5 Å². The van der Waals surface area contributed by atoms with Crippen LogP contribution in [0.4, 0.5) is 5.82 Å². The van der Waals surface area contributed by atoms with Crippen molar-refractivity contribution >= 4 is 15.8 Å². The number of sulfonamides is 1. The van der Waals surface area contributed by atoms with Crippen LogP contribution in [-0.2, 0) is 16.4 Å². The Hall–Kier alpha value is -2.98. The highest BCUT2D eigenvalue weighted by atomic mass is 32.2. The first-order valence-corrected chi connectivity index (χ1v) is 11.3. The smallest absolute Gasteiger partial charge is 0.243 e. The summed E-state index contributed by atoms with van der Waals surface area (Å²) in [7, 11) is -3.53. The molecule has 0 radical (unpaired) electrons. The maximum atomic E-state index is 13.1. The van der Waals surface area contributed by atoms with Crippen LogP contribution >= 0.6 is 0 Å². The molecule has 0 aliphatic carbocycles. The lowest BCUT2D eigenvalue weighted by molar-refractivity contribution is 0.356. The number of piperazine rings is 1. The predicted molar refractivity (Wildman–Crippen MR) is 111 cm³/mol. The summed E-state index contributed by atoms with van der Waals surface area (Å²) in [5, 5.41) is 12.9. The maximum Gasteiger partial charge on any atom is 0.243 e. The summed E-state index contributed by atoms with van der Waals surface area (Å²) in [6.07, 6.45) is 2.59. The summed E-state index contributed by atoms with van der Waals surface area (Å²) in [6.45, 7) is 4.44. The van der Waals surface area contributed by atoms with E-state index in [9.17, 15) is 8.42 Å². The van der Waals surface area contributed by atoms with E-state index in [0.29, 0.717) is 43.5 Å². The summed E-state index contributed by atoms with van der Waals surface area (Å²) in [6, 6.07) is 10.8. The van der Waals surface area contributed by atoms with Gasteiger partial charge in [-0.05, 0) is 48.9 Å². The van der Waals surface area contributed by atoms with Gasteiger partial charge in [-0.3, -0.25) is 0 Å². The lowest BCUT2D eigenvalue weighted by Gasteiger charge is -2.34. The second-order valence-corrected chi connectivity index (χ2v) is 9.35. The molecule has 9 nitrogen and oxygen atoms in total. The predicted octanol–water partition coefficient (Wildman–Crippen LogP) is 1.42. The molecule has 0 spiro atoms. The number of anilines is 1. The van der Waals surface area contributed by atoms with E-state index in [1.54, 1.807) is 22.9 Å². The first kappa shape index (κ1) is 19.0. The van der Waals surface area contributed by atoms with Gasteiger partial charge in [-0.2, -0.15) is 9.40 Å². The van der Waals surface area contributed by atoms with Crippen molar-refractivity contribution in [2.24, 2.45) is 0 Å². The zero-order valence-electron chi connectivity index (χ0n) is 16.6. The van der Waals surface area contributed by atoms with Crippen molar-refractivity contribution in [1.29, 1.82) is 0 Å². The van der Waals surface area contributed by atoms with Gasteiger partial charge in [0.1, 0.15) is 5.75 Å². The topological polar surface area (TPSA) is 93.5 Å². The highest BCUT2D eigenvalue weighted by molar-refractivity contribution is 7.89. The third kappa shape index (κ3) is 3.41. The fraction of sp³-hybridized carbons (Fsp3) is 0.350. The van der Waals surface area contributed by atoms with E-state index >= 15 is 0 Å². The Kier molecular flexibility index (Phi) is 4.67. The number of ether oxygens (including phenoxy) is 1. The van der Waals surface area contributed by atoms with Crippen molar-refractivity contribution in [1.82, 2.24) is 24.3 Å². The van der Waals surface area contributed by atoms with Gasteiger partial charge in [0.05, 0.1) is 17.2 Å². The molecule has 1 aromatic carbocycles. The lowest BCUT2D eigenvalue weighted by Crippen LogP contribution is -2.49. The van der Waals surface area contributed by atoms with Gasteiger partial charge in [0.25, 0.3) is 0 Å². The molecule has 0 amide bonds. The minimum absolute atomic E-state index is 0.332. The van der Waals surface area contributed by atoms with E-state index in [1.165, 1.54) is 4.31 Å². The van der Waals surface area contributed by atoms with Gasteiger partial charge in [0.2, 0.25) is 10.0 Å². The van der Waals surface area contributed by atoms with Gasteiger partial charge in [-0.1, -0.05) is 0 Å². The Morgan fingerprint density at radius 1 is 0.967 bits per heavy atom. The third-order valence-electron chi connectivity index (χ3n) is 5.45. The van der Waals surface area contributed by atoms with Crippen LogP contribution in [0.5, 0.6) is 5.75 Å². The molecule has 2 aliphatic heterocycles. The Morgan fingerprint density at radius 3 is 2.43 bits per heavy atom. The number of hydrogen-bond donors (Lipinski definition) is 0. The van der Waals surface area contributed by atoms with Gasteiger partial charge >= 0.3 is 0 Å². The molecular formula is C20H22N6O3S. The molecule has 0 saturated carbocycles. The molecule has 0 atom stereocenters. The molecule has 0 unspecified atom stereocenters. The molecule has 2 aliphatic rings. The van der Waals surface area contributed by atoms with Crippen LogP contribution in [0.1, 0.15) is 11.3 Å². The number of aromatic nitrogens is 4. The van der Waals surface area contributed by atoms with Crippen LogP contribution in [0.2, 0.25) is 0 Å². The van der Waals surface area contributed by atoms with Gasteiger partial charge in [0, 0.05) is 38.8 Å². The van der Waals surface area contributed by atoms with Crippen LogP contribution < -0.4 is 9.64 Å². The highest BCUT2D eigenvalue weighted by Gasteiger charge is 2.30. The number of nitrogens with zero attached hydrogens (tertiary/aromatic N) is 6. The maximum absolute atomic E-state index is 13.1. The highest BCUT2D eigenvalue weighted by Crippen LogP contribution is 2.29. The van der Waals surface area contributed by atoms with E-state index in [4.69, 9.17) is 4.74 Å². The zero-order valence-corrected chi connectivity index (χ0v) is 17.4. The number of benzene rings is 1. The quantitative estimate of drug-likeness (QED) is 0.623. The zero-order chi connectivity index (χ0) is 20.7. The van der Waals surface area contributed by atoms with E-state index < -0.39 is 10.0 Å². The van der Waals surface area contributed by atoms with E-state index in [-0.39, 0.29) is 0 Å². The monoisotopic (exact) mass is 426 g/mol. The Balaban J connectivity index is 1.27. The molecule has 2 aromatic heterocycles. The number of hydrogen-bond acceptors (Lipinski definition) is 7. The molecule has 5 rings (SSSR count). The molecule has 1 saturated heterocycles. The van der Waals surface area contributed by atoms with Crippen molar-refractivity contribution in [3.8, 4) is 11.6 Å². The standard InChI is InChI=1S/C20H22N6O3S/c1-15-6-8-26(23-15)20-5-4-19(21-22-20)24-9-11-25(12-10-24)30(27,28)17-2-3-18-16(14-17)7-13-29-18/h2-6,8,14H,7,9-13H2,1H3. The SMILES string of the molecule is Cc1ccn(-c2ccc(N3CCN(S(=O)(=O)c4ccc5c(c4)CCO5)CC3)nn2)n1. The summed E-state index contributed by atoms with van der Waals surface area (Å²) < 4.78 is 34.8. The van der Waals surface area contributed by atoms with Crippen molar-refractivity contribution < 1.29 is 13.2 Å². The fourth-order valence-corrected chi connectivity index (χ4v) is 5.26. The molecular weight excluding hydrogens is 404 g/mol. The van der Waals surface area contributed by atoms with Crippen molar-refractivity contribution in [2.45, 2.75) is 18.2 Å². The van der Waals surface area contributed by atoms with Crippen LogP contribution in [0.3, 0.4) is 0 Å². The lowest BCUT2D eigenvalue weighted by atomic mass is 10.2. The normalized spacial score (nSPS) is 17.0. The summed E-state index contributed by atoms with van der Waals surface area (Å²) >= 11 is 0. The van der Waals surface area contributed by atoms with E-state index in [0.717, 1.165) is 29.2 Å². The van der Waals surface area contributed by atoms with Crippen LogP contribution in [0.15, 0.2) is 47.5 Å². The Labute approximate surface area is 174 Å². The van der Waals surface area contributed by atoms with E-state index in [2.05, 4.69) is 15.3 Å². The minimum Gasteiger partial charge on any atom is -0.493 e. The van der Waals surface area contributed by atoms with Gasteiger partial charge in [-0.25, -0.2) is 13.1 Å². The molecule has 0 N–H and O–H groups in total. The molecule has 3 aromatic rings. The Morgan fingerprint density at radius 2 is 1.73 bits per heavy atom. The first-order chi connectivity index (χ1) is 14.5. The molecule has 10 heteroatoms. The molecule has 0 bridgehead atoms. The van der Waals surface area contributed by atoms with Gasteiger partial charge < -0.3 is 9.64 Å². The first-order valence-electron chi connectivity index (χ1n) is 9.88. The van der Waals surface area contributed by atoms with Gasteiger partial charge in [0.15, 0.2) is 11.6 Å². The van der Waals surface area contributed by atoms with E-state index in [1.807, 2.05) is 36.2 Å². The molecule has 1 fully saturated rings. The van der Waals surface area contributed by atoms with Crippen LogP contribution in [0.25, 0.3) is 5.82 Å². The average Bonchev–Trinajstić information content (AvgIpc) is 3.42. The minimum atomic E-state index is -3.53. The Bertz CT molecular complexity index is 1170. The molecule has 4 heterocycles. The second kappa shape index (κ2) is 7.37. The summed E-state index contributed by atoms with van der Waals surface area (Å²) in [4.78, 5) is 2.38. The van der Waals surface area contributed by atoms with Crippen LogP contribution in [0, 0.1) is 6.92 Å².